The fourth-order valence-corrected chi connectivity index (χ4v) is 3.60. The van der Waals surface area contributed by atoms with Crippen molar-refractivity contribution < 1.29 is 36.2 Å². The number of likely N-dealkylation sites (tertiary alicyclic amines) is 1. The summed E-state index contributed by atoms with van der Waals surface area (Å²) in [5.74, 6) is -0.682. The standard InChI is InChI=1S/C22H19F5N2O3/c1-21(2)12-29(11-13-4-3-5-15(8-13)32-20(23)24)19(30)18(21)31-16-7-6-14(10-28)17(9-16)22(25,26)27/h3-9,18,20H,11-12H2,1-2H3. The minimum atomic E-state index is -4.75. The molecule has 1 amide bonds. The van der Waals surface area contributed by atoms with Gasteiger partial charge in [-0.05, 0) is 35.9 Å². The van der Waals surface area contributed by atoms with E-state index in [1.807, 2.05) is 0 Å². The molecule has 5 nitrogen and oxygen atoms in total. The Balaban J connectivity index is 1.80. The van der Waals surface area contributed by atoms with Gasteiger partial charge < -0.3 is 14.4 Å². The molecule has 1 fully saturated rings. The number of alkyl halides is 5. The third-order valence-corrected chi connectivity index (χ3v) is 5.01. The average molecular weight is 454 g/mol. The first kappa shape index (κ1) is 23.3. The zero-order valence-electron chi connectivity index (χ0n) is 17.1. The molecule has 1 unspecified atom stereocenters. The van der Waals surface area contributed by atoms with Gasteiger partial charge in [0.2, 0.25) is 0 Å². The van der Waals surface area contributed by atoms with E-state index in [9.17, 15) is 26.7 Å². The largest absolute Gasteiger partial charge is 0.480 e. The van der Waals surface area contributed by atoms with Crippen molar-refractivity contribution in [2.75, 3.05) is 6.54 Å². The van der Waals surface area contributed by atoms with Crippen molar-refractivity contribution >= 4 is 5.91 Å². The van der Waals surface area contributed by atoms with Gasteiger partial charge in [-0.2, -0.15) is 27.2 Å². The summed E-state index contributed by atoms with van der Waals surface area (Å²) in [5.41, 5.74) is -1.89. The van der Waals surface area contributed by atoms with Crippen LogP contribution >= 0.6 is 0 Å². The van der Waals surface area contributed by atoms with Gasteiger partial charge in [-0.3, -0.25) is 4.79 Å². The zero-order valence-corrected chi connectivity index (χ0v) is 17.1. The number of nitrogens with zero attached hydrogens (tertiary/aromatic N) is 2. The molecule has 1 aliphatic heterocycles. The number of carbonyl (C=O) groups excluding carboxylic acids is 1. The van der Waals surface area contributed by atoms with Crippen LogP contribution in [-0.2, 0) is 17.5 Å². The third-order valence-electron chi connectivity index (χ3n) is 5.01. The van der Waals surface area contributed by atoms with Gasteiger partial charge in [0.1, 0.15) is 11.5 Å². The van der Waals surface area contributed by atoms with Crippen LogP contribution in [0.4, 0.5) is 22.0 Å². The molecular formula is C22H19F5N2O3. The molecule has 0 saturated carbocycles. The molecule has 1 heterocycles. The Morgan fingerprint density at radius 2 is 1.91 bits per heavy atom. The van der Waals surface area contributed by atoms with Crippen molar-refractivity contribution in [1.29, 1.82) is 5.26 Å². The van der Waals surface area contributed by atoms with Gasteiger partial charge in [-0.25, -0.2) is 0 Å². The SMILES string of the molecule is CC1(C)CN(Cc2cccc(OC(F)F)c2)C(=O)C1Oc1ccc(C#N)c(C(F)(F)F)c1. The van der Waals surface area contributed by atoms with Crippen molar-refractivity contribution in [3.8, 4) is 17.6 Å². The van der Waals surface area contributed by atoms with Gasteiger partial charge in [-0.15, -0.1) is 0 Å². The lowest BCUT2D eigenvalue weighted by Crippen LogP contribution is -2.36. The predicted octanol–water partition coefficient (Wildman–Crippen LogP) is 4.99. The molecule has 1 aliphatic rings. The van der Waals surface area contributed by atoms with Crippen LogP contribution in [0.5, 0.6) is 11.5 Å². The lowest BCUT2D eigenvalue weighted by atomic mass is 9.89. The Bertz CT molecular complexity index is 1050. The molecule has 170 valence electrons. The number of rotatable bonds is 6. The normalized spacial score (nSPS) is 18.0. The number of benzene rings is 2. The molecule has 2 aromatic rings. The second-order valence-electron chi connectivity index (χ2n) is 8.02. The summed E-state index contributed by atoms with van der Waals surface area (Å²) in [7, 11) is 0. The van der Waals surface area contributed by atoms with Crippen molar-refractivity contribution in [2.24, 2.45) is 5.41 Å². The first-order chi connectivity index (χ1) is 14.9. The molecule has 0 aromatic heterocycles. The quantitative estimate of drug-likeness (QED) is 0.577. The number of nitriles is 1. The molecule has 0 bridgehead atoms. The first-order valence-corrected chi connectivity index (χ1v) is 9.51. The van der Waals surface area contributed by atoms with E-state index in [0.29, 0.717) is 11.6 Å². The van der Waals surface area contributed by atoms with E-state index in [4.69, 9.17) is 10.00 Å². The van der Waals surface area contributed by atoms with E-state index in [1.165, 1.54) is 35.2 Å². The van der Waals surface area contributed by atoms with Gasteiger partial charge in [0.05, 0.1) is 17.2 Å². The van der Waals surface area contributed by atoms with E-state index in [1.54, 1.807) is 19.9 Å². The van der Waals surface area contributed by atoms with Crippen molar-refractivity contribution in [2.45, 2.75) is 39.3 Å². The zero-order chi connectivity index (χ0) is 23.7. The Hall–Kier alpha value is -3.35. The molecule has 0 spiro atoms. The van der Waals surface area contributed by atoms with Gasteiger partial charge in [0.25, 0.3) is 5.91 Å². The Morgan fingerprint density at radius 3 is 2.53 bits per heavy atom. The molecule has 3 rings (SSSR count). The number of halogens is 5. The Kier molecular flexibility index (Phi) is 6.30. The van der Waals surface area contributed by atoms with E-state index in [-0.39, 0.29) is 24.6 Å². The van der Waals surface area contributed by atoms with Crippen LogP contribution in [0.25, 0.3) is 0 Å². The third kappa shape index (κ3) is 5.10. The highest BCUT2D eigenvalue weighted by Gasteiger charge is 2.48. The number of carbonyl (C=O) groups is 1. The van der Waals surface area contributed by atoms with Crippen LogP contribution in [0.1, 0.15) is 30.5 Å². The molecule has 0 radical (unpaired) electrons. The molecule has 1 saturated heterocycles. The monoisotopic (exact) mass is 454 g/mol. The van der Waals surface area contributed by atoms with Crippen LogP contribution in [0.2, 0.25) is 0 Å². The number of hydrogen-bond acceptors (Lipinski definition) is 4. The fourth-order valence-electron chi connectivity index (χ4n) is 3.60. The number of hydrogen-bond donors (Lipinski definition) is 0. The highest BCUT2D eigenvalue weighted by molar-refractivity contribution is 5.84. The van der Waals surface area contributed by atoms with Gasteiger partial charge in [-0.1, -0.05) is 26.0 Å². The summed E-state index contributed by atoms with van der Waals surface area (Å²) in [6, 6.07) is 10.3. The fraction of sp³-hybridized carbons (Fsp3) is 0.364. The highest BCUT2D eigenvalue weighted by atomic mass is 19.4. The molecule has 2 aromatic carbocycles. The summed E-state index contributed by atoms with van der Waals surface area (Å²) in [5, 5.41) is 8.92. The van der Waals surface area contributed by atoms with Crippen molar-refractivity contribution in [3.05, 3.63) is 59.2 Å². The maximum Gasteiger partial charge on any atom is 0.417 e. The summed E-state index contributed by atoms with van der Waals surface area (Å²) in [6.07, 6.45) is -5.83. The minimum absolute atomic E-state index is 0.0477. The van der Waals surface area contributed by atoms with Crippen LogP contribution < -0.4 is 9.47 Å². The van der Waals surface area contributed by atoms with Crippen molar-refractivity contribution in [1.82, 2.24) is 4.90 Å². The van der Waals surface area contributed by atoms with Crippen molar-refractivity contribution in [3.63, 3.8) is 0 Å². The molecule has 32 heavy (non-hydrogen) atoms. The molecule has 0 aliphatic carbocycles. The molecular weight excluding hydrogens is 435 g/mol. The Labute approximate surface area is 181 Å². The van der Waals surface area contributed by atoms with Crippen LogP contribution in [0, 0.1) is 16.7 Å². The predicted molar refractivity (Wildman–Crippen MR) is 103 cm³/mol. The second kappa shape index (κ2) is 8.65. The van der Waals surface area contributed by atoms with E-state index in [0.717, 1.165) is 6.07 Å². The van der Waals surface area contributed by atoms with Crippen LogP contribution in [-0.4, -0.2) is 30.1 Å². The van der Waals surface area contributed by atoms with Gasteiger partial charge in [0.15, 0.2) is 6.10 Å². The average Bonchev–Trinajstić information content (AvgIpc) is 2.89. The topological polar surface area (TPSA) is 62.6 Å². The lowest BCUT2D eigenvalue weighted by Gasteiger charge is -2.24. The minimum Gasteiger partial charge on any atom is -0.480 e. The molecule has 10 heteroatoms. The lowest BCUT2D eigenvalue weighted by molar-refractivity contribution is -0.138. The summed E-state index contributed by atoms with van der Waals surface area (Å²) in [4.78, 5) is 14.4. The highest BCUT2D eigenvalue weighted by Crippen LogP contribution is 2.38. The van der Waals surface area contributed by atoms with Gasteiger partial charge >= 0.3 is 12.8 Å². The smallest absolute Gasteiger partial charge is 0.417 e. The number of amides is 1. The maximum atomic E-state index is 13.2. The maximum absolute atomic E-state index is 13.2. The summed E-state index contributed by atoms with van der Waals surface area (Å²) in [6.45, 7) is 0.813. The number of ether oxygens (including phenoxy) is 2. The van der Waals surface area contributed by atoms with Gasteiger partial charge in [0, 0.05) is 18.5 Å². The molecule has 0 N–H and O–H groups in total. The second-order valence-corrected chi connectivity index (χ2v) is 8.02. The Morgan fingerprint density at radius 1 is 1.19 bits per heavy atom. The van der Waals surface area contributed by atoms with E-state index in [2.05, 4.69) is 4.74 Å². The van der Waals surface area contributed by atoms with Crippen LogP contribution in [0.3, 0.4) is 0 Å². The van der Waals surface area contributed by atoms with E-state index < -0.39 is 41.3 Å². The molecule has 1 atom stereocenters. The van der Waals surface area contributed by atoms with E-state index >= 15 is 0 Å². The summed E-state index contributed by atoms with van der Waals surface area (Å²) >= 11 is 0. The first-order valence-electron chi connectivity index (χ1n) is 9.51. The summed E-state index contributed by atoms with van der Waals surface area (Å²) < 4.78 is 74.6. The van der Waals surface area contributed by atoms with Crippen LogP contribution in [0.15, 0.2) is 42.5 Å².